The Morgan fingerprint density at radius 3 is 1.22 bits per heavy atom. The van der Waals surface area contributed by atoms with Gasteiger partial charge in [-0.2, -0.15) is 29.9 Å². The Morgan fingerprint density at radius 1 is 0.594 bits per heavy atom. The second-order valence-corrected chi connectivity index (χ2v) is 6.08. The highest BCUT2D eigenvalue weighted by molar-refractivity contribution is 6.00. The highest BCUT2D eigenvalue weighted by atomic mass is 15.2. The largest absolute Gasteiger partial charge is 0.383 e. The molecule has 0 atom stereocenters. The van der Waals surface area contributed by atoms with E-state index in [0.29, 0.717) is 22.8 Å². The fourth-order valence-electron chi connectivity index (χ4n) is 2.36. The third-order valence-corrected chi connectivity index (χ3v) is 3.79. The van der Waals surface area contributed by atoms with E-state index < -0.39 is 0 Å². The van der Waals surface area contributed by atoms with Crippen molar-refractivity contribution in [3.8, 4) is 0 Å². The number of aromatic nitrogens is 6. The number of nitrogens with two attached hydrogens (primary N) is 6. The van der Waals surface area contributed by atoms with Crippen molar-refractivity contribution in [2.75, 3.05) is 46.9 Å². The van der Waals surface area contributed by atoms with Crippen LogP contribution in [0.25, 0.3) is 0 Å². The van der Waals surface area contributed by atoms with Crippen LogP contribution >= 0.6 is 0 Å². The Morgan fingerprint density at radius 2 is 0.906 bits per heavy atom. The molecule has 3 aromatic rings. The molecule has 32 heavy (non-hydrogen) atoms. The number of hydrogen-bond donors (Lipinski definition) is 8. The van der Waals surface area contributed by atoms with Crippen LogP contribution < -0.4 is 45.0 Å². The molecule has 0 saturated heterocycles. The predicted octanol–water partition coefficient (Wildman–Crippen LogP) is -2.06. The molecule has 16 heteroatoms. The van der Waals surface area contributed by atoms with Crippen LogP contribution in [0.15, 0.2) is 34.3 Å². The molecule has 16 nitrogen and oxygen atoms in total. The van der Waals surface area contributed by atoms with E-state index in [1.165, 1.54) is 0 Å². The van der Waals surface area contributed by atoms with E-state index in [2.05, 4.69) is 50.5 Å². The minimum Gasteiger partial charge on any atom is -0.383 e. The summed E-state index contributed by atoms with van der Waals surface area (Å²) in [5, 5.41) is 5.67. The lowest BCUT2D eigenvalue weighted by Gasteiger charge is -2.06. The van der Waals surface area contributed by atoms with Crippen LogP contribution in [0.2, 0.25) is 0 Å². The summed E-state index contributed by atoms with van der Waals surface area (Å²) < 4.78 is 0. The SMILES string of the molecule is N/C(=N/CNc1nc(N)nc(N)n1)c1ccc(/C(N)=N\CNc2nc(N)nc(N)n2)cc1. The summed E-state index contributed by atoms with van der Waals surface area (Å²) in [7, 11) is 0. The zero-order valence-corrected chi connectivity index (χ0v) is 16.8. The highest BCUT2D eigenvalue weighted by Gasteiger charge is 2.04. The number of amidine groups is 2. The smallest absolute Gasteiger partial charge is 0.230 e. The summed E-state index contributed by atoms with van der Waals surface area (Å²) in [5.41, 5.74) is 35.4. The average molecular weight is 438 g/mol. The summed E-state index contributed by atoms with van der Waals surface area (Å²) in [5.74, 6) is 0.991. The maximum absolute atomic E-state index is 6.01. The fourth-order valence-corrected chi connectivity index (χ4v) is 2.36. The number of nitrogens with zero attached hydrogens (tertiary/aromatic N) is 8. The molecular weight excluding hydrogens is 416 g/mol. The van der Waals surface area contributed by atoms with Gasteiger partial charge in [0.25, 0.3) is 0 Å². The molecule has 0 radical (unpaired) electrons. The molecule has 0 amide bonds. The quantitative estimate of drug-likeness (QED) is 0.138. The van der Waals surface area contributed by atoms with E-state index in [9.17, 15) is 0 Å². The topological polar surface area (TPSA) is 282 Å². The lowest BCUT2D eigenvalue weighted by molar-refractivity contribution is 1.02. The molecule has 0 fully saturated rings. The van der Waals surface area contributed by atoms with Crippen LogP contribution in [0.3, 0.4) is 0 Å². The van der Waals surface area contributed by atoms with Gasteiger partial charge in [0.15, 0.2) is 0 Å². The van der Waals surface area contributed by atoms with Crippen LogP contribution in [0, 0.1) is 0 Å². The third-order valence-electron chi connectivity index (χ3n) is 3.79. The van der Waals surface area contributed by atoms with Gasteiger partial charge >= 0.3 is 0 Å². The van der Waals surface area contributed by atoms with Crippen molar-refractivity contribution >= 4 is 47.4 Å². The van der Waals surface area contributed by atoms with Crippen molar-refractivity contribution in [1.82, 2.24) is 29.9 Å². The lowest BCUT2D eigenvalue weighted by atomic mass is 10.1. The summed E-state index contributed by atoms with van der Waals surface area (Å²) in [4.78, 5) is 31.3. The first-order chi connectivity index (χ1) is 15.3. The monoisotopic (exact) mass is 438 g/mol. The normalized spacial score (nSPS) is 11.9. The molecule has 0 aliphatic heterocycles. The van der Waals surface area contributed by atoms with Gasteiger partial charge in [0.2, 0.25) is 35.7 Å². The molecule has 1 aromatic carbocycles. The summed E-state index contributed by atoms with van der Waals surface area (Å²) in [6, 6.07) is 7.04. The number of aliphatic imine (C=N–C) groups is 2. The number of anilines is 6. The van der Waals surface area contributed by atoms with Crippen molar-refractivity contribution in [2.45, 2.75) is 0 Å². The van der Waals surface area contributed by atoms with E-state index in [0.717, 1.165) is 0 Å². The van der Waals surface area contributed by atoms with Gasteiger partial charge in [0.1, 0.15) is 25.0 Å². The summed E-state index contributed by atoms with van der Waals surface area (Å²) in [6.07, 6.45) is 0. The van der Waals surface area contributed by atoms with Crippen LogP contribution in [0.1, 0.15) is 11.1 Å². The van der Waals surface area contributed by atoms with Gasteiger partial charge in [0.05, 0.1) is 0 Å². The van der Waals surface area contributed by atoms with Crippen LogP contribution in [-0.4, -0.2) is 54.9 Å². The Labute approximate surface area is 181 Å². The first-order valence-corrected chi connectivity index (χ1v) is 9.02. The zero-order chi connectivity index (χ0) is 23.1. The number of benzene rings is 1. The Bertz CT molecular complexity index is 1010. The number of nitrogen functional groups attached to an aromatic ring is 4. The Kier molecular flexibility index (Phi) is 6.54. The maximum atomic E-state index is 6.01. The molecule has 3 rings (SSSR count). The molecule has 0 unspecified atom stereocenters. The van der Waals surface area contributed by atoms with Crippen molar-refractivity contribution in [2.24, 2.45) is 21.5 Å². The number of nitrogens with one attached hydrogen (secondary N) is 2. The zero-order valence-electron chi connectivity index (χ0n) is 16.8. The molecular formula is C16H22N16. The molecule has 2 heterocycles. The molecule has 0 spiro atoms. The van der Waals surface area contributed by atoms with Gasteiger partial charge in [-0.1, -0.05) is 24.3 Å². The predicted molar refractivity (Wildman–Crippen MR) is 122 cm³/mol. The minimum atomic E-state index is 0.00329. The van der Waals surface area contributed by atoms with Crippen LogP contribution in [-0.2, 0) is 0 Å². The molecule has 0 saturated carbocycles. The lowest BCUT2D eigenvalue weighted by Crippen LogP contribution is -2.19. The van der Waals surface area contributed by atoms with E-state index in [-0.39, 0.29) is 49.0 Å². The van der Waals surface area contributed by atoms with E-state index in [4.69, 9.17) is 34.4 Å². The van der Waals surface area contributed by atoms with Gasteiger partial charge < -0.3 is 45.0 Å². The van der Waals surface area contributed by atoms with E-state index in [1.807, 2.05) is 0 Å². The summed E-state index contributed by atoms with van der Waals surface area (Å²) >= 11 is 0. The van der Waals surface area contributed by atoms with Crippen molar-refractivity contribution in [3.63, 3.8) is 0 Å². The molecule has 2 aromatic heterocycles. The molecule has 0 aliphatic carbocycles. The molecule has 166 valence electrons. The number of hydrogen-bond acceptors (Lipinski definition) is 14. The summed E-state index contributed by atoms with van der Waals surface area (Å²) in [6.45, 7) is 0.218. The van der Waals surface area contributed by atoms with Gasteiger partial charge in [-0.25, -0.2) is 9.98 Å². The first-order valence-electron chi connectivity index (χ1n) is 9.02. The van der Waals surface area contributed by atoms with Crippen molar-refractivity contribution in [1.29, 1.82) is 0 Å². The molecule has 0 bridgehead atoms. The van der Waals surface area contributed by atoms with Crippen LogP contribution in [0.5, 0.6) is 0 Å². The second-order valence-electron chi connectivity index (χ2n) is 6.08. The molecule has 14 N–H and O–H groups in total. The minimum absolute atomic E-state index is 0.00329. The van der Waals surface area contributed by atoms with Gasteiger partial charge in [-0.15, -0.1) is 0 Å². The van der Waals surface area contributed by atoms with Gasteiger partial charge in [-0.3, -0.25) is 0 Å². The van der Waals surface area contributed by atoms with Crippen molar-refractivity contribution < 1.29 is 0 Å². The van der Waals surface area contributed by atoms with Gasteiger partial charge in [-0.05, 0) is 0 Å². The average Bonchev–Trinajstić information content (AvgIpc) is 2.72. The maximum Gasteiger partial charge on any atom is 0.230 e. The second kappa shape index (κ2) is 9.65. The van der Waals surface area contributed by atoms with E-state index >= 15 is 0 Å². The van der Waals surface area contributed by atoms with Crippen molar-refractivity contribution in [3.05, 3.63) is 35.4 Å². The standard InChI is InChI=1S/C16H22N16/c17-9(23-5-25-15-29-11(19)27-12(20)30-15)7-1-2-8(4-3-7)10(18)24-6-26-16-31-13(21)28-14(22)32-16/h1-4H,5-6H2,(H2,17,23)(H2,18,24)(H5,19,20,25,27,29,30)(H5,21,22,26,28,31,32). The number of rotatable bonds is 8. The Balaban J connectivity index is 1.56. The third kappa shape index (κ3) is 5.99. The fraction of sp³-hybridized carbons (Fsp3) is 0.125. The molecule has 0 aliphatic rings. The van der Waals surface area contributed by atoms with Crippen LogP contribution in [0.4, 0.5) is 35.7 Å². The first kappa shape index (κ1) is 21.7. The Hall–Kier alpha value is -5.02. The van der Waals surface area contributed by atoms with E-state index in [1.54, 1.807) is 24.3 Å². The highest BCUT2D eigenvalue weighted by Crippen LogP contribution is 2.07. The van der Waals surface area contributed by atoms with Gasteiger partial charge in [0, 0.05) is 11.1 Å².